The summed E-state index contributed by atoms with van der Waals surface area (Å²) in [6.07, 6.45) is 4.67. The Balaban J connectivity index is 1.30. The molecule has 0 saturated heterocycles. The Bertz CT molecular complexity index is 1290. The highest BCUT2D eigenvalue weighted by Gasteiger charge is 2.16. The van der Waals surface area contributed by atoms with E-state index in [1.165, 1.54) is 28.2 Å². The molecule has 0 saturated carbocycles. The van der Waals surface area contributed by atoms with Crippen molar-refractivity contribution in [3.05, 3.63) is 76.9 Å². The Hall–Kier alpha value is -4.10. The topological polar surface area (TPSA) is 123 Å². The largest absolute Gasteiger partial charge is 0.382 e. The van der Waals surface area contributed by atoms with Crippen LogP contribution in [-0.4, -0.2) is 32.2 Å². The van der Waals surface area contributed by atoms with Crippen LogP contribution in [0.1, 0.15) is 23.4 Å². The van der Waals surface area contributed by atoms with Crippen LogP contribution in [0.2, 0.25) is 0 Å². The molecule has 1 amide bonds. The molecule has 0 aliphatic heterocycles. The second-order valence-electron chi connectivity index (χ2n) is 7.22. The van der Waals surface area contributed by atoms with Crippen LogP contribution in [0.15, 0.2) is 54.2 Å². The number of pyridine rings is 1. The molecule has 33 heavy (non-hydrogen) atoms. The lowest BCUT2D eigenvalue weighted by Gasteiger charge is -2.04. The molecule has 8 nitrogen and oxygen atoms in total. The van der Waals surface area contributed by atoms with Gasteiger partial charge in [0.15, 0.2) is 0 Å². The maximum atomic E-state index is 13.2. The number of nitriles is 1. The van der Waals surface area contributed by atoms with Gasteiger partial charge in [0, 0.05) is 29.9 Å². The van der Waals surface area contributed by atoms with E-state index < -0.39 is 0 Å². The number of aryl methyl sites for hydroxylation is 1. The van der Waals surface area contributed by atoms with Gasteiger partial charge in [-0.25, -0.2) is 14.1 Å². The van der Waals surface area contributed by atoms with Crippen molar-refractivity contribution >= 4 is 23.1 Å². The van der Waals surface area contributed by atoms with E-state index in [1.54, 1.807) is 24.5 Å². The summed E-state index contributed by atoms with van der Waals surface area (Å²) in [4.78, 5) is 20.9. The number of nitrogens with one attached hydrogen (secondary N) is 1. The number of thiazole rings is 1. The average Bonchev–Trinajstić information content (AvgIpc) is 3.42. The molecule has 166 valence electrons. The zero-order valence-electron chi connectivity index (χ0n) is 17.5. The van der Waals surface area contributed by atoms with Gasteiger partial charge in [-0.3, -0.25) is 9.78 Å². The number of nitrogens with two attached hydrogens (primary N) is 1. The Kier molecular flexibility index (Phi) is 6.71. The number of benzene rings is 1. The number of aromatic nitrogens is 4. The normalized spacial score (nSPS) is 10.7. The molecular weight excluding hydrogens is 441 g/mol. The van der Waals surface area contributed by atoms with E-state index in [-0.39, 0.29) is 29.5 Å². The van der Waals surface area contributed by atoms with Crippen LogP contribution in [0.4, 0.5) is 10.2 Å². The van der Waals surface area contributed by atoms with Crippen molar-refractivity contribution < 1.29 is 9.18 Å². The maximum absolute atomic E-state index is 13.2. The monoisotopic (exact) mass is 461 g/mol. The molecule has 0 aliphatic rings. The molecule has 3 aromatic heterocycles. The highest BCUT2D eigenvalue weighted by atomic mass is 32.1. The first-order valence-corrected chi connectivity index (χ1v) is 11.1. The Morgan fingerprint density at radius 3 is 2.82 bits per heavy atom. The number of carbonyl (C=O) groups is 1. The Morgan fingerprint density at radius 1 is 1.27 bits per heavy atom. The summed E-state index contributed by atoms with van der Waals surface area (Å²) >= 11 is 1.47. The van der Waals surface area contributed by atoms with Crippen LogP contribution in [-0.2, 0) is 17.6 Å². The SMILES string of the molecule is N#Cc1c(CCCNC(=O)Cc2csc(-c3cccnc3)n2)nn(-c2ccc(F)cc2)c1N. The van der Waals surface area contributed by atoms with Gasteiger partial charge in [0.05, 0.1) is 23.5 Å². The van der Waals surface area contributed by atoms with Crippen LogP contribution < -0.4 is 11.1 Å². The van der Waals surface area contributed by atoms with Gasteiger partial charge in [0.1, 0.15) is 28.3 Å². The number of nitrogen functional groups attached to an aromatic ring is 1. The first-order valence-electron chi connectivity index (χ1n) is 10.2. The predicted octanol–water partition coefficient (Wildman–Crippen LogP) is 3.28. The van der Waals surface area contributed by atoms with E-state index in [0.29, 0.717) is 36.5 Å². The van der Waals surface area contributed by atoms with Gasteiger partial charge in [-0.2, -0.15) is 10.4 Å². The summed E-state index contributed by atoms with van der Waals surface area (Å²) in [7, 11) is 0. The number of halogens is 1. The highest BCUT2D eigenvalue weighted by molar-refractivity contribution is 7.13. The van der Waals surface area contributed by atoms with Gasteiger partial charge in [0.2, 0.25) is 5.91 Å². The van der Waals surface area contributed by atoms with E-state index >= 15 is 0 Å². The van der Waals surface area contributed by atoms with Gasteiger partial charge in [0.25, 0.3) is 0 Å². The van der Waals surface area contributed by atoms with Crippen molar-refractivity contribution in [1.29, 1.82) is 5.26 Å². The molecule has 4 aromatic rings. The molecule has 4 rings (SSSR count). The molecule has 0 aliphatic carbocycles. The van der Waals surface area contributed by atoms with Gasteiger partial charge in [-0.1, -0.05) is 0 Å². The van der Waals surface area contributed by atoms with Crippen molar-refractivity contribution in [3.63, 3.8) is 0 Å². The first kappa shape index (κ1) is 22.1. The van der Waals surface area contributed by atoms with Gasteiger partial charge in [-0.15, -0.1) is 11.3 Å². The predicted molar refractivity (Wildman–Crippen MR) is 123 cm³/mol. The first-order chi connectivity index (χ1) is 16.0. The number of amides is 1. The number of nitrogens with zero attached hydrogens (tertiary/aromatic N) is 5. The Morgan fingerprint density at radius 2 is 2.09 bits per heavy atom. The molecule has 10 heteroatoms. The second-order valence-corrected chi connectivity index (χ2v) is 8.08. The van der Waals surface area contributed by atoms with Crippen molar-refractivity contribution in [2.45, 2.75) is 19.3 Å². The third-order valence-corrected chi connectivity index (χ3v) is 5.83. The van der Waals surface area contributed by atoms with E-state index in [2.05, 4.69) is 26.5 Å². The summed E-state index contributed by atoms with van der Waals surface area (Å²) < 4.78 is 14.6. The van der Waals surface area contributed by atoms with Crippen LogP contribution >= 0.6 is 11.3 Å². The molecule has 0 unspecified atom stereocenters. The van der Waals surface area contributed by atoms with E-state index in [9.17, 15) is 14.4 Å². The van der Waals surface area contributed by atoms with Gasteiger partial charge in [-0.05, 0) is 49.2 Å². The fourth-order valence-corrected chi connectivity index (χ4v) is 4.09. The summed E-state index contributed by atoms with van der Waals surface area (Å²) in [6, 6.07) is 11.6. The van der Waals surface area contributed by atoms with Crippen LogP contribution in [0.25, 0.3) is 16.3 Å². The van der Waals surface area contributed by atoms with E-state index in [0.717, 1.165) is 10.6 Å². The quantitative estimate of drug-likeness (QED) is 0.388. The average molecular weight is 462 g/mol. The molecule has 3 heterocycles. The zero-order chi connectivity index (χ0) is 23.2. The number of carbonyl (C=O) groups excluding carboxylic acids is 1. The molecule has 0 spiro atoms. The minimum Gasteiger partial charge on any atom is -0.382 e. The van der Waals surface area contributed by atoms with Gasteiger partial charge < -0.3 is 11.1 Å². The van der Waals surface area contributed by atoms with Crippen LogP contribution in [0.3, 0.4) is 0 Å². The van der Waals surface area contributed by atoms with Gasteiger partial charge >= 0.3 is 0 Å². The van der Waals surface area contributed by atoms with Crippen molar-refractivity contribution in [1.82, 2.24) is 25.1 Å². The maximum Gasteiger partial charge on any atom is 0.226 e. The molecule has 0 fully saturated rings. The van der Waals surface area contributed by atoms with Crippen LogP contribution in [0.5, 0.6) is 0 Å². The fraction of sp³-hybridized carbons (Fsp3) is 0.174. The third-order valence-electron chi connectivity index (χ3n) is 4.89. The summed E-state index contributed by atoms with van der Waals surface area (Å²) in [5.41, 5.74) is 9.09. The molecule has 0 bridgehead atoms. The molecule has 0 atom stereocenters. The van der Waals surface area contributed by atoms with Crippen LogP contribution in [0, 0.1) is 17.1 Å². The molecule has 3 N–H and O–H groups in total. The summed E-state index contributed by atoms with van der Waals surface area (Å²) in [6.45, 7) is 0.423. The standard InChI is InChI=1S/C23H20FN7OS/c24-16-5-7-18(8-6-16)31-22(26)19(12-25)20(30-31)4-2-10-28-21(32)11-17-14-33-23(29-17)15-3-1-9-27-13-15/h1,3,5-9,13-14H,2,4,10-11,26H2,(H,28,32). The number of hydrogen-bond acceptors (Lipinski definition) is 7. The highest BCUT2D eigenvalue weighted by Crippen LogP contribution is 2.23. The molecular formula is C23H20FN7OS. The second kappa shape index (κ2) is 10.0. The van der Waals surface area contributed by atoms with Crippen molar-refractivity contribution in [2.75, 3.05) is 12.3 Å². The van der Waals surface area contributed by atoms with Crippen molar-refractivity contribution in [3.8, 4) is 22.3 Å². The summed E-state index contributed by atoms with van der Waals surface area (Å²) in [5.74, 6) is -0.294. The smallest absolute Gasteiger partial charge is 0.226 e. The summed E-state index contributed by atoms with van der Waals surface area (Å²) in [5, 5.41) is 19.5. The minimum atomic E-state index is -0.369. The number of anilines is 1. The van der Waals surface area contributed by atoms with Crippen molar-refractivity contribution in [2.24, 2.45) is 0 Å². The number of rotatable bonds is 8. The molecule has 1 aromatic carbocycles. The fourth-order valence-electron chi connectivity index (χ4n) is 3.27. The van der Waals surface area contributed by atoms with E-state index in [4.69, 9.17) is 5.73 Å². The Labute approximate surface area is 193 Å². The lowest BCUT2D eigenvalue weighted by Crippen LogP contribution is -2.26. The third kappa shape index (κ3) is 5.22. The van der Waals surface area contributed by atoms with E-state index in [1.807, 2.05) is 17.5 Å². The zero-order valence-corrected chi connectivity index (χ0v) is 18.3. The number of hydrogen-bond donors (Lipinski definition) is 2. The lowest BCUT2D eigenvalue weighted by molar-refractivity contribution is -0.120. The minimum absolute atomic E-state index is 0.130. The lowest BCUT2D eigenvalue weighted by atomic mass is 10.1. The molecule has 0 radical (unpaired) electrons.